The van der Waals surface area contributed by atoms with E-state index in [4.69, 9.17) is 10.5 Å². The molecule has 1 fully saturated rings. The van der Waals surface area contributed by atoms with Crippen LogP contribution < -0.4 is 5.73 Å². The summed E-state index contributed by atoms with van der Waals surface area (Å²) in [6.45, 7) is 0.866. The van der Waals surface area contributed by atoms with Gasteiger partial charge in [-0.2, -0.15) is 0 Å². The van der Waals surface area contributed by atoms with E-state index in [9.17, 15) is 0 Å². The quantitative estimate of drug-likeness (QED) is 0.783. The van der Waals surface area contributed by atoms with E-state index in [1.54, 1.807) is 0 Å². The van der Waals surface area contributed by atoms with E-state index >= 15 is 0 Å². The molecule has 0 radical (unpaired) electrons. The molecule has 1 aromatic rings. The molecule has 0 spiro atoms. The van der Waals surface area contributed by atoms with Gasteiger partial charge in [-0.3, -0.25) is 0 Å². The average molecular weight is 247 g/mol. The van der Waals surface area contributed by atoms with E-state index in [1.807, 2.05) is 0 Å². The summed E-state index contributed by atoms with van der Waals surface area (Å²) in [6, 6.07) is 10.9. The van der Waals surface area contributed by atoms with Crippen LogP contribution in [-0.4, -0.2) is 18.8 Å². The number of ether oxygens (including phenoxy) is 1. The predicted molar refractivity (Wildman–Crippen MR) is 75.6 cm³/mol. The minimum Gasteiger partial charge on any atom is -0.377 e. The Morgan fingerprint density at radius 1 is 1.06 bits per heavy atom. The Bertz CT molecular complexity index is 325. The second-order valence-corrected chi connectivity index (χ2v) is 5.30. The van der Waals surface area contributed by atoms with Crippen molar-refractivity contribution in [2.75, 3.05) is 6.61 Å². The minimum absolute atomic E-state index is 0.271. The monoisotopic (exact) mass is 247 g/mol. The van der Waals surface area contributed by atoms with E-state index in [-0.39, 0.29) is 6.04 Å². The molecule has 2 N–H and O–H groups in total. The number of unbranched alkanes of at least 4 members (excludes halogenated alkanes) is 1. The van der Waals surface area contributed by atoms with Gasteiger partial charge in [-0.15, -0.1) is 0 Å². The Morgan fingerprint density at radius 2 is 1.83 bits per heavy atom. The zero-order valence-electron chi connectivity index (χ0n) is 11.2. The normalized spacial score (nSPS) is 24.1. The third-order valence-electron chi connectivity index (χ3n) is 3.79. The second kappa shape index (κ2) is 7.55. The number of hydrogen-bond donors (Lipinski definition) is 1. The minimum atomic E-state index is 0.271. The fourth-order valence-electron chi connectivity index (χ4n) is 2.64. The van der Waals surface area contributed by atoms with Gasteiger partial charge in [0.1, 0.15) is 0 Å². The molecular weight excluding hydrogens is 222 g/mol. The highest BCUT2D eigenvalue weighted by molar-refractivity contribution is 5.14. The lowest BCUT2D eigenvalue weighted by molar-refractivity contribution is 0.0134. The molecule has 1 saturated carbocycles. The molecule has 0 aromatic heterocycles. The van der Waals surface area contributed by atoms with Crippen molar-refractivity contribution in [3.8, 4) is 0 Å². The van der Waals surface area contributed by atoms with Crippen molar-refractivity contribution < 1.29 is 4.74 Å². The maximum absolute atomic E-state index is 6.06. The van der Waals surface area contributed by atoms with Gasteiger partial charge in [0.25, 0.3) is 0 Å². The summed E-state index contributed by atoms with van der Waals surface area (Å²) in [7, 11) is 0. The Morgan fingerprint density at radius 3 is 2.61 bits per heavy atom. The van der Waals surface area contributed by atoms with Crippen LogP contribution in [-0.2, 0) is 11.2 Å². The summed E-state index contributed by atoms with van der Waals surface area (Å²) in [6.07, 6.45) is 8.65. The van der Waals surface area contributed by atoms with Gasteiger partial charge in [-0.05, 0) is 37.7 Å². The van der Waals surface area contributed by atoms with Crippen molar-refractivity contribution in [3.05, 3.63) is 35.9 Å². The molecule has 0 bridgehead atoms. The van der Waals surface area contributed by atoms with Crippen LogP contribution in [0.2, 0.25) is 0 Å². The van der Waals surface area contributed by atoms with E-state index in [1.165, 1.54) is 24.8 Å². The van der Waals surface area contributed by atoms with Crippen LogP contribution in [0.4, 0.5) is 0 Å². The molecule has 2 heteroatoms. The molecule has 0 amide bonds. The first-order valence-electron chi connectivity index (χ1n) is 7.27. The van der Waals surface area contributed by atoms with Crippen LogP contribution in [0.5, 0.6) is 0 Å². The zero-order chi connectivity index (χ0) is 12.6. The first-order chi connectivity index (χ1) is 8.86. The van der Waals surface area contributed by atoms with Gasteiger partial charge in [0, 0.05) is 12.6 Å². The van der Waals surface area contributed by atoms with Gasteiger partial charge < -0.3 is 10.5 Å². The van der Waals surface area contributed by atoms with E-state index < -0.39 is 0 Å². The molecule has 2 atom stereocenters. The first-order valence-corrected chi connectivity index (χ1v) is 7.27. The van der Waals surface area contributed by atoms with Gasteiger partial charge in [0.2, 0.25) is 0 Å². The van der Waals surface area contributed by atoms with E-state index in [2.05, 4.69) is 30.3 Å². The second-order valence-electron chi connectivity index (χ2n) is 5.30. The van der Waals surface area contributed by atoms with Crippen molar-refractivity contribution >= 4 is 0 Å². The first kappa shape index (κ1) is 13.6. The summed E-state index contributed by atoms with van der Waals surface area (Å²) in [5, 5.41) is 0. The van der Waals surface area contributed by atoms with Crippen LogP contribution in [0.25, 0.3) is 0 Å². The summed E-state index contributed by atoms with van der Waals surface area (Å²) in [4.78, 5) is 0. The van der Waals surface area contributed by atoms with Crippen molar-refractivity contribution in [1.29, 1.82) is 0 Å². The number of hydrogen-bond acceptors (Lipinski definition) is 2. The zero-order valence-corrected chi connectivity index (χ0v) is 11.2. The number of aryl methyl sites for hydroxylation is 1. The Hall–Kier alpha value is -0.860. The highest BCUT2D eigenvalue weighted by atomic mass is 16.5. The molecule has 1 aromatic carbocycles. The van der Waals surface area contributed by atoms with Crippen molar-refractivity contribution in [3.63, 3.8) is 0 Å². The molecular formula is C16H25NO. The smallest absolute Gasteiger partial charge is 0.0725 e. The average Bonchev–Trinajstić information content (AvgIpc) is 2.42. The van der Waals surface area contributed by atoms with Crippen LogP contribution in [0.1, 0.15) is 44.1 Å². The van der Waals surface area contributed by atoms with Crippen LogP contribution in [0.15, 0.2) is 30.3 Å². The molecule has 2 unspecified atom stereocenters. The van der Waals surface area contributed by atoms with Crippen LogP contribution >= 0.6 is 0 Å². The van der Waals surface area contributed by atoms with Gasteiger partial charge >= 0.3 is 0 Å². The predicted octanol–water partition coefficient (Wildman–Crippen LogP) is 3.30. The Balaban J connectivity index is 1.56. The molecule has 1 aliphatic carbocycles. The third-order valence-corrected chi connectivity index (χ3v) is 3.79. The summed E-state index contributed by atoms with van der Waals surface area (Å²) in [5.41, 5.74) is 7.48. The third kappa shape index (κ3) is 4.43. The molecule has 0 heterocycles. The molecule has 2 rings (SSSR count). The highest BCUT2D eigenvalue weighted by Gasteiger charge is 2.21. The standard InChI is InChI=1S/C16H25NO/c17-15-11-4-5-12-16(15)18-13-7-6-10-14-8-2-1-3-9-14/h1-3,8-9,15-16H,4-7,10-13,17H2. The molecule has 2 nitrogen and oxygen atoms in total. The highest BCUT2D eigenvalue weighted by Crippen LogP contribution is 2.20. The van der Waals surface area contributed by atoms with Gasteiger partial charge in [-0.1, -0.05) is 43.2 Å². The fraction of sp³-hybridized carbons (Fsp3) is 0.625. The number of rotatable bonds is 6. The fourth-order valence-corrected chi connectivity index (χ4v) is 2.64. The largest absolute Gasteiger partial charge is 0.377 e. The number of benzene rings is 1. The van der Waals surface area contributed by atoms with Crippen molar-refractivity contribution in [2.45, 2.75) is 57.1 Å². The lowest BCUT2D eigenvalue weighted by Crippen LogP contribution is -2.39. The van der Waals surface area contributed by atoms with Gasteiger partial charge in [-0.25, -0.2) is 0 Å². The van der Waals surface area contributed by atoms with Crippen LogP contribution in [0.3, 0.4) is 0 Å². The van der Waals surface area contributed by atoms with Crippen molar-refractivity contribution in [2.24, 2.45) is 5.73 Å². The SMILES string of the molecule is NC1CCCCC1OCCCCc1ccccc1. The summed E-state index contributed by atoms with van der Waals surface area (Å²) < 4.78 is 5.91. The van der Waals surface area contributed by atoms with Crippen LogP contribution in [0, 0.1) is 0 Å². The number of nitrogens with two attached hydrogens (primary N) is 1. The summed E-state index contributed by atoms with van der Waals surface area (Å²) in [5.74, 6) is 0. The van der Waals surface area contributed by atoms with E-state index in [0.29, 0.717) is 6.10 Å². The van der Waals surface area contributed by atoms with E-state index in [0.717, 1.165) is 32.3 Å². The topological polar surface area (TPSA) is 35.2 Å². The molecule has 1 aliphatic rings. The Labute approximate surface area is 111 Å². The maximum Gasteiger partial charge on any atom is 0.0725 e. The Kier molecular flexibility index (Phi) is 5.69. The lowest BCUT2D eigenvalue weighted by atomic mass is 9.93. The van der Waals surface area contributed by atoms with Gasteiger partial charge in [0.15, 0.2) is 0 Å². The molecule has 100 valence electrons. The molecule has 18 heavy (non-hydrogen) atoms. The maximum atomic E-state index is 6.06. The van der Waals surface area contributed by atoms with Gasteiger partial charge in [0.05, 0.1) is 6.10 Å². The molecule has 0 aliphatic heterocycles. The molecule has 0 saturated heterocycles. The summed E-state index contributed by atoms with van der Waals surface area (Å²) >= 11 is 0. The van der Waals surface area contributed by atoms with Crippen molar-refractivity contribution in [1.82, 2.24) is 0 Å². The lowest BCUT2D eigenvalue weighted by Gasteiger charge is -2.28.